The molecular formula is C17H21Cl2N3O4S. The molecule has 0 bridgehead atoms. The van der Waals surface area contributed by atoms with E-state index in [4.69, 9.17) is 32.7 Å². The average molecular weight is 434 g/mol. The molecule has 0 N–H and O–H groups in total. The number of aryl methyl sites for hydroxylation is 1. The second kappa shape index (κ2) is 8.36. The number of hydrogen-bond donors (Lipinski definition) is 0. The van der Waals surface area contributed by atoms with Crippen molar-refractivity contribution in [2.24, 2.45) is 0 Å². The molecule has 0 atom stereocenters. The minimum Gasteiger partial charge on any atom is -0.490 e. The van der Waals surface area contributed by atoms with Crippen LogP contribution in [0, 0.1) is 13.8 Å². The zero-order valence-electron chi connectivity index (χ0n) is 15.1. The van der Waals surface area contributed by atoms with Crippen LogP contribution in [-0.2, 0) is 21.3 Å². The summed E-state index contributed by atoms with van der Waals surface area (Å²) in [4.78, 5) is 0.255. The third-order valence-corrected chi connectivity index (χ3v) is 7.04. The van der Waals surface area contributed by atoms with Crippen molar-refractivity contribution >= 4 is 33.2 Å². The molecular weight excluding hydrogens is 413 g/mol. The highest BCUT2D eigenvalue weighted by atomic mass is 35.5. The quantitative estimate of drug-likeness (QED) is 0.699. The minimum atomic E-state index is -3.60. The molecule has 0 unspecified atom stereocenters. The van der Waals surface area contributed by atoms with Gasteiger partial charge < -0.3 is 9.47 Å². The zero-order chi connectivity index (χ0) is 19.6. The maximum atomic E-state index is 13.0. The van der Waals surface area contributed by atoms with Gasteiger partial charge in [-0.1, -0.05) is 23.2 Å². The number of aromatic nitrogens is 2. The molecule has 1 aliphatic rings. The van der Waals surface area contributed by atoms with Gasteiger partial charge in [-0.3, -0.25) is 4.68 Å². The van der Waals surface area contributed by atoms with E-state index < -0.39 is 10.0 Å². The fourth-order valence-electron chi connectivity index (χ4n) is 3.02. The van der Waals surface area contributed by atoms with Crippen molar-refractivity contribution in [2.75, 3.05) is 32.9 Å². The van der Waals surface area contributed by atoms with Gasteiger partial charge in [-0.15, -0.1) is 0 Å². The molecule has 27 heavy (non-hydrogen) atoms. The number of benzene rings is 1. The lowest BCUT2D eigenvalue weighted by atomic mass is 10.3. The molecule has 2 aromatic rings. The molecule has 1 fully saturated rings. The van der Waals surface area contributed by atoms with Crippen LogP contribution in [0.25, 0.3) is 0 Å². The summed E-state index contributed by atoms with van der Waals surface area (Å²) in [5, 5.41) is 5.37. The SMILES string of the molecule is Cc1nn(CCOc2cc(Cl)ccc2Cl)c(C)c1S(=O)(=O)N1CCOCC1. The monoisotopic (exact) mass is 433 g/mol. The van der Waals surface area contributed by atoms with Gasteiger partial charge in [-0.2, -0.15) is 9.40 Å². The van der Waals surface area contributed by atoms with Crippen molar-refractivity contribution in [3.63, 3.8) is 0 Å². The third-order valence-electron chi connectivity index (χ3n) is 4.34. The molecule has 1 aromatic heterocycles. The van der Waals surface area contributed by atoms with E-state index in [9.17, 15) is 8.42 Å². The van der Waals surface area contributed by atoms with Crippen LogP contribution in [0.3, 0.4) is 0 Å². The Labute approximate surface area is 168 Å². The highest BCUT2D eigenvalue weighted by Crippen LogP contribution is 2.28. The highest BCUT2D eigenvalue weighted by Gasteiger charge is 2.31. The number of ether oxygens (including phenoxy) is 2. The molecule has 0 amide bonds. The Morgan fingerprint density at radius 1 is 1.22 bits per heavy atom. The first-order valence-electron chi connectivity index (χ1n) is 8.50. The summed E-state index contributed by atoms with van der Waals surface area (Å²) in [5.74, 6) is 0.479. The smallest absolute Gasteiger partial charge is 0.246 e. The summed E-state index contributed by atoms with van der Waals surface area (Å²) in [6.45, 7) is 5.61. The molecule has 0 saturated carbocycles. The maximum absolute atomic E-state index is 13.0. The van der Waals surface area contributed by atoms with Gasteiger partial charge in [0.25, 0.3) is 0 Å². The minimum absolute atomic E-state index is 0.255. The van der Waals surface area contributed by atoms with Gasteiger partial charge in [0.15, 0.2) is 0 Å². The lowest BCUT2D eigenvalue weighted by Crippen LogP contribution is -2.41. The summed E-state index contributed by atoms with van der Waals surface area (Å²) < 4.78 is 40.0. The molecule has 1 aliphatic heterocycles. The number of rotatable bonds is 6. The van der Waals surface area contributed by atoms with Crippen LogP contribution >= 0.6 is 23.2 Å². The second-order valence-corrected chi connectivity index (χ2v) is 8.88. The number of hydrogen-bond acceptors (Lipinski definition) is 5. The van der Waals surface area contributed by atoms with Gasteiger partial charge in [-0.25, -0.2) is 8.42 Å². The van der Waals surface area contributed by atoms with Gasteiger partial charge in [0.05, 0.1) is 36.2 Å². The van der Waals surface area contributed by atoms with E-state index in [1.54, 1.807) is 36.7 Å². The van der Waals surface area contributed by atoms with Crippen molar-refractivity contribution in [1.29, 1.82) is 0 Å². The van der Waals surface area contributed by atoms with Crippen LogP contribution in [-0.4, -0.2) is 55.4 Å². The molecule has 2 heterocycles. The predicted octanol–water partition coefficient (Wildman–Crippen LogP) is 2.91. The first-order valence-corrected chi connectivity index (χ1v) is 10.7. The van der Waals surface area contributed by atoms with E-state index >= 15 is 0 Å². The predicted molar refractivity (Wildman–Crippen MR) is 103 cm³/mol. The Morgan fingerprint density at radius 2 is 1.93 bits per heavy atom. The van der Waals surface area contributed by atoms with E-state index in [1.807, 2.05) is 0 Å². The maximum Gasteiger partial charge on any atom is 0.246 e. The van der Waals surface area contributed by atoms with Crippen LogP contribution in [0.2, 0.25) is 10.0 Å². The Balaban J connectivity index is 1.74. The summed E-state index contributed by atoms with van der Waals surface area (Å²) in [6.07, 6.45) is 0. The van der Waals surface area contributed by atoms with Gasteiger partial charge in [-0.05, 0) is 26.0 Å². The Bertz CT molecular complexity index is 925. The van der Waals surface area contributed by atoms with Crippen molar-refractivity contribution in [2.45, 2.75) is 25.3 Å². The van der Waals surface area contributed by atoms with Crippen molar-refractivity contribution in [3.8, 4) is 5.75 Å². The fourth-order valence-corrected chi connectivity index (χ4v) is 5.13. The van der Waals surface area contributed by atoms with Crippen LogP contribution < -0.4 is 4.74 Å². The molecule has 1 saturated heterocycles. The van der Waals surface area contributed by atoms with Crippen molar-refractivity contribution in [1.82, 2.24) is 14.1 Å². The van der Waals surface area contributed by atoms with E-state index in [1.165, 1.54) is 4.31 Å². The lowest BCUT2D eigenvalue weighted by molar-refractivity contribution is 0.0730. The topological polar surface area (TPSA) is 73.7 Å². The molecule has 0 aliphatic carbocycles. The Hall–Kier alpha value is -1.32. The van der Waals surface area contributed by atoms with Crippen molar-refractivity contribution < 1.29 is 17.9 Å². The summed E-state index contributed by atoms with van der Waals surface area (Å²) in [5.41, 5.74) is 1.06. The third kappa shape index (κ3) is 4.41. The van der Waals surface area contributed by atoms with Gasteiger partial charge in [0, 0.05) is 24.2 Å². The Morgan fingerprint density at radius 3 is 2.63 bits per heavy atom. The van der Waals surface area contributed by atoms with E-state index in [2.05, 4.69) is 5.10 Å². The standard InChI is InChI=1S/C17H21Cl2N3O4S/c1-12-17(27(23,24)21-5-8-25-9-6-21)13(2)22(20-12)7-10-26-16-11-14(18)3-4-15(16)19/h3-4,11H,5-10H2,1-2H3. The first kappa shape index (κ1) is 20.4. The van der Waals surface area contributed by atoms with E-state index in [0.29, 0.717) is 60.0 Å². The average Bonchev–Trinajstić information content (AvgIpc) is 2.93. The molecule has 10 heteroatoms. The molecule has 1 aromatic carbocycles. The van der Waals surface area contributed by atoms with Crippen LogP contribution in [0.4, 0.5) is 0 Å². The number of sulfonamides is 1. The molecule has 7 nitrogen and oxygen atoms in total. The van der Waals surface area contributed by atoms with E-state index in [0.717, 1.165) is 0 Å². The molecule has 0 spiro atoms. The summed E-state index contributed by atoms with van der Waals surface area (Å²) in [7, 11) is -3.60. The molecule has 3 rings (SSSR count). The zero-order valence-corrected chi connectivity index (χ0v) is 17.4. The first-order chi connectivity index (χ1) is 12.8. The summed E-state index contributed by atoms with van der Waals surface area (Å²) in [6, 6.07) is 4.98. The van der Waals surface area contributed by atoms with Gasteiger partial charge in [0.2, 0.25) is 10.0 Å². The lowest BCUT2D eigenvalue weighted by Gasteiger charge is -2.26. The second-order valence-electron chi connectivity index (χ2n) is 6.16. The van der Waals surface area contributed by atoms with Crippen LogP contribution in [0.1, 0.15) is 11.4 Å². The number of nitrogens with zero attached hydrogens (tertiary/aromatic N) is 3. The molecule has 0 radical (unpaired) electrons. The van der Waals surface area contributed by atoms with E-state index in [-0.39, 0.29) is 11.5 Å². The highest BCUT2D eigenvalue weighted by molar-refractivity contribution is 7.89. The fraction of sp³-hybridized carbons (Fsp3) is 0.471. The molecule has 148 valence electrons. The number of halogens is 2. The normalized spacial score (nSPS) is 15.9. The van der Waals surface area contributed by atoms with Crippen molar-refractivity contribution in [3.05, 3.63) is 39.6 Å². The van der Waals surface area contributed by atoms with Crippen LogP contribution in [0.15, 0.2) is 23.1 Å². The number of morpholine rings is 1. The van der Waals surface area contributed by atoms with Gasteiger partial charge >= 0.3 is 0 Å². The van der Waals surface area contributed by atoms with Crippen LogP contribution in [0.5, 0.6) is 5.75 Å². The summed E-state index contributed by atoms with van der Waals surface area (Å²) >= 11 is 12.0. The largest absolute Gasteiger partial charge is 0.490 e. The van der Waals surface area contributed by atoms with Gasteiger partial charge in [0.1, 0.15) is 17.3 Å². The Kier molecular flexibility index (Phi) is 6.32.